The molecule has 0 aliphatic rings. The molecule has 0 heterocycles. The highest BCUT2D eigenvalue weighted by atomic mass is 35.5. The summed E-state index contributed by atoms with van der Waals surface area (Å²) in [6, 6.07) is 4.98. The van der Waals surface area contributed by atoms with Crippen molar-refractivity contribution in [2.45, 2.75) is 32.7 Å². The van der Waals surface area contributed by atoms with Crippen LogP contribution in [-0.2, 0) is 0 Å². The lowest BCUT2D eigenvalue weighted by Gasteiger charge is -2.15. The van der Waals surface area contributed by atoms with Gasteiger partial charge in [0, 0.05) is 11.7 Å². The van der Waals surface area contributed by atoms with Crippen LogP contribution in [-0.4, -0.2) is 12.1 Å². The Bertz CT molecular complexity index is 391. The van der Waals surface area contributed by atoms with Gasteiger partial charge in [-0.3, -0.25) is 0 Å². The average Bonchev–Trinajstić information content (AvgIpc) is 2.31. The van der Waals surface area contributed by atoms with E-state index in [0.717, 1.165) is 12.8 Å². The normalized spacial score (nSPS) is 10.4. The van der Waals surface area contributed by atoms with E-state index in [9.17, 15) is 4.79 Å². The number of benzene rings is 1. The number of hydrogen-bond donors (Lipinski definition) is 3. The number of rotatable bonds is 4. The molecular weight excluding hydrogens is 238 g/mol. The van der Waals surface area contributed by atoms with Gasteiger partial charge < -0.3 is 16.4 Å². The van der Waals surface area contributed by atoms with Crippen molar-refractivity contribution in [1.29, 1.82) is 0 Å². The van der Waals surface area contributed by atoms with E-state index in [1.807, 2.05) is 13.8 Å². The molecule has 0 fully saturated rings. The highest BCUT2D eigenvalue weighted by molar-refractivity contribution is 6.33. The fourth-order valence-corrected chi connectivity index (χ4v) is 1.63. The van der Waals surface area contributed by atoms with Gasteiger partial charge in [-0.15, -0.1) is 0 Å². The van der Waals surface area contributed by atoms with E-state index in [0.29, 0.717) is 16.4 Å². The summed E-state index contributed by atoms with van der Waals surface area (Å²) in [5, 5.41) is 6.03. The zero-order valence-corrected chi connectivity index (χ0v) is 10.8. The van der Waals surface area contributed by atoms with E-state index in [1.54, 1.807) is 18.2 Å². The van der Waals surface area contributed by atoms with E-state index >= 15 is 0 Å². The highest BCUT2D eigenvalue weighted by Gasteiger charge is 2.08. The maximum atomic E-state index is 11.6. The molecule has 0 aromatic heterocycles. The van der Waals surface area contributed by atoms with Crippen molar-refractivity contribution in [2.75, 3.05) is 11.1 Å². The van der Waals surface area contributed by atoms with E-state index in [1.165, 1.54) is 0 Å². The summed E-state index contributed by atoms with van der Waals surface area (Å²) in [6.45, 7) is 4.07. The molecule has 4 N–H and O–H groups in total. The molecule has 2 amide bonds. The van der Waals surface area contributed by atoms with Crippen LogP contribution < -0.4 is 16.4 Å². The maximum absolute atomic E-state index is 11.6. The van der Waals surface area contributed by atoms with Crippen molar-refractivity contribution >= 4 is 29.0 Å². The summed E-state index contributed by atoms with van der Waals surface area (Å²) in [5.74, 6) is 0. The van der Waals surface area contributed by atoms with Gasteiger partial charge in [-0.2, -0.15) is 0 Å². The third kappa shape index (κ3) is 4.15. The first kappa shape index (κ1) is 13.6. The molecule has 0 bridgehead atoms. The Kier molecular flexibility index (Phi) is 5.10. The van der Waals surface area contributed by atoms with E-state index in [4.69, 9.17) is 17.3 Å². The third-order valence-electron chi connectivity index (χ3n) is 2.58. The molecule has 0 radical (unpaired) electrons. The van der Waals surface area contributed by atoms with Crippen LogP contribution in [0.1, 0.15) is 26.7 Å². The summed E-state index contributed by atoms with van der Waals surface area (Å²) < 4.78 is 0. The van der Waals surface area contributed by atoms with Crippen LogP contribution in [0.25, 0.3) is 0 Å². The van der Waals surface area contributed by atoms with Crippen LogP contribution in [0.5, 0.6) is 0 Å². The Labute approximate surface area is 107 Å². The molecule has 0 aliphatic carbocycles. The number of amides is 2. The third-order valence-corrected chi connectivity index (χ3v) is 2.91. The molecule has 5 heteroatoms. The second-order valence-electron chi connectivity index (χ2n) is 3.85. The Morgan fingerprint density at radius 1 is 1.41 bits per heavy atom. The first-order valence-electron chi connectivity index (χ1n) is 5.69. The number of hydrogen-bond acceptors (Lipinski definition) is 2. The number of nitrogen functional groups attached to an aromatic ring is 1. The minimum absolute atomic E-state index is 0.194. The van der Waals surface area contributed by atoms with Gasteiger partial charge in [-0.05, 0) is 31.0 Å². The van der Waals surface area contributed by atoms with Crippen molar-refractivity contribution in [1.82, 2.24) is 5.32 Å². The van der Waals surface area contributed by atoms with Gasteiger partial charge in [0.2, 0.25) is 0 Å². The topological polar surface area (TPSA) is 67.2 Å². The van der Waals surface area contributed by atoms with Gasteiger partial charge in [0.25, 0.3) is 0 Å². The maximum Gasteiger partial charge on any atom is 0.319 e. The fourth-order valence-electron chi connectivity index (χ4n) is 1.45. The van der Waals surface area contributed by atoms with Crippen LogP contribution in [0.4, 0.5) is 16.2 Å². The van der Waals surface area contributed by atoms with Gasteiger partial charge in [0.15, 0.2) is 0 Å². The van der Waals surface area contributed by atoms with E-state index in [2.05, 4.69) is 10.6 Å². The molecule has 0 unspecified atom stereocenters. The monoisotopic (exact) mass is 255 g/mol. The number of anilines is 2. The van der Waals surface area contributed by atoms with E-state index in [-0.39, 0.29) is 12.1 Å². The van der Waals surface area contributed by atoms with Crippen LogP contribution in [0.15, 0.2) is 18.2 Å². The van der Waals surface area contributed by atoms with Gasteiger partial charge >= 0.3 is 6.03 Å². The minimum atomic E-state index is -0.223. The molecule has 94 valence electrons. The Hall–Kier alpha value is -1.42. The summed E-state index contributed by atoms with van der Waals surface area (Å²) in [4.78, 5) is 11.6. The minimum Gasteiger partial charge on any atom is -0.398 e. The Morgan fingerprint density at radius 3 is 2.59 bits per heavy atom. The number of nitrogens with two attached hydrogens (primary N) is 1. The average molecular weight is 256 g/mol. The number of carbonyl (C=O) groups is 1. The number of urea groups is 1. The fraction of sp³-hybridized carbons (Fsp3) is 0.417. The lowest BCUT2D eigenvalue weighted by molar-refractivity contribution is 0.247. The predicted octanol–water partition coefficient (Wildman–Crippen LogP) is 3.23. The Morgan fingerprint density at radius 2 is 2.06 bits per heavy atom. The number of halogens is 1. The van der Waals surface area contributed by atoms with E-state index < -0.39 is 0 Å². The molecule has 0 saturated carbocycles. The zero-order valence-electron chi connectivity index (χ0n) is 10.1. The molecule has 17 heavy (non-hydrogen) atoms. The van der Waals surface area contributed by atoms with Gasteiger partial charge in [0.1, 0.15) is 0 Å². The molecule has 1 aromatic carbocycles. The largest absolute Gasteiger partial charge is 0.398 e. The van der Waals surface area contributed by atoms with Crippen molar-refractivity contribution in [3.05, 3.63) is 23.2 Å². The summed E-state index contributed by atoms with van der Waals surface area (Å²) >= 11 is 5.86. The van der Waals surface area contributed by atoms with Crippen molar-refractivity contribution in [2.24, 2.45) is 0 Å². The quantitative estimate of drug-likeness (QED) is 0.723. The van der Waals surface area contributed by atoms with Crippen LogP contribution in [0, 0.1) is 0 Å². The van der Waals surface area contributed by atoms with Crippen LogP contribution in [0.2, 0.25) is 5.02 Å². The van der Waals surface area contributed by atoms with Gasteiger partial charge in [-0.1, -0.05) is 25.4 Å². The molecule has 0 spiro atoms. The molecule has 4 nitrogen and oxygen atoms in total. The first-order chi connectivity index (χ1) is 8.06. The highest BCUT2D eigenvalue weighted by Crippen LogP contribution is 2.22. The standard InChI is InChI=1S/C12H18ClN3O/c1-3-8(4-2)15-12(17)16-9-5-6-11(14)10(13)7-9/h5-8H,3-4,14H2,1-2H3,(H2,15,16,17). The lowest BCUT2D eigenvalue weighted by Crippen LogP contribution is -2.37. The van der Waals surface area contributed by atoms with Gasteiger partial charge in [0.05, 0.1) is 10.7 Å². The summed E-state index contributed by atoms with van der Waals surface area (Å²) in [7, 11) is 0. The smallest absolute Gasteiger partial charge is 0.319 e. The van der Waals surface area contributed by atoms with Crippen molar-refractivity contribution < 1.29 is 4.79 Å². The molecule has 1 rings (SSSR count). The molecular formula is C12H18ClN3O. The molecule has 1 aromatic rings. The number of carbonyl (C=O) groups excluding carboxylic acids is 1. The summed E-state index contributed by atoms with van der Waals surface area (Å²) in [5.41, 5.74) is 6.71. The van der Waals surface area contributed by atoms with Gasteiger partial charge in [-0.25, -0.2) is 4.79 Å². The van der Waals surface area contributed by atoms with Crippen LogP contribution in [0.3, 0.4) is 0 Å². The SMILES string of the molecule is CCC(CC)NC(=O)Nc1ccc(N)c(Cl)c1. The number of nitrogens with one attached hydrogen (secondary N) is 2. The predicted molar refractivity (Wildman–Crippen MR) is 72.4 cm³/mol. The Balaban J connectivity index is 2.58. The molecule has 0 saturated heterocycles. The van der Waals surface area contributed by atoms with Crippen LogP contribution >= 0.6 is 11.6 Å². The van der Waals surface area contributed by atoms with Crippen molar-refractivity contribution in [3.63, 3.8) is 0 Å². The summed E-state index contributed by atoms with van der Waals surface area (Å²) in [6.07, 6.45) is 1.82. The van der Waals surface area contributed by atoms with Crippen molar-refractivity contribution in [3.8, 4) is 0 Å². The second kappa shape index (κ2) is 6.35. The molecule has 0 atom stereocenters. The first-order valence-corrected chi connectivity index (χ1v) is 6.07. The second-order valence-corrected chi connectivity index (χ2v) is 4.26. The molecule has 0 aliphatic heterocycles. The zero-order chi connectivity index (χ0) is 12.8. The lowest BCUT2D eigenvalue weighted by atomic mass is 10.2.